The summed E-state index contributed by atoms with van der Waals surface area (Å²) in [6, 6.07) is 4.18. The maximum absolute atomic E-state index is 12.4. The largest absolute Gasteiger partial charge is 0.441 e. The molecule has 80 valence electrons. The number of benzene rings is 1. The molecule has 2 aromatic rings. The van der Waals surface area contributed by atoms with E-state index in [0.717, 1.165) is 0 Å². The quantitative estimate of drug-likeness (QED) is 0.849. The molecule has 0 atom stereocenters. The summed E-state index contributed by atoms with van der Waals surface area (Å²) >= 11 is 0. The van der Waals surface area contributed by atoms with Crippen molar-refractivity contribution in [3.8, 4) is 0 Å². The van der Waals surface area contributed by atoms with E-state index < -0.39 is 6.43 Å². The number of rotatable bonds is 3. The van der Waals surface area contributed by atoms with Gasteiger partial charge in [0.1, 0.15) is 5.52 Å². The highest BCUT2D eigenvalue weighted by Gasteiger charge is 2.10. The van der Waals surface area contributed by atoms with Gasteiger partial charge in [-0.15, -0.1) is 0 Å². The summed E-state index contributed by atoms with van der Waals surface area (Å²) < 4.78 is 30.0. The Morgan fingerprint density at radius 2 is 2.20 bits per heavy atom. The summed E-state index contributed by atoms with van der Waals surface area (Å²) in [6.45, 7) is 0.425. The normalized spacial score (nSPS) is 11.5. The molecule has 0 saturated carbocycles. The molecule has 2 rings (SSSR count). The number of nitrogens with two attached hydrogens (primary N) is 1. The third kappa shape index (κ3) is 1.97. The number of alkyl halides is 2. The summed E-state index contributed by atoms with van der Waals surface area (Å²) in [5.74, 6) is 0.485. The molecule has 2 N–H and O–H groups in total. The molecule has 15 heavy (non-hydrogen) atoms. The van der Waals surface area contributed by atoms with Crippen LogP contribution < -0.4 is 5.73 Å². The molecule has 0 radical (unpaired) electrons. The van der Waals surface area contributed by atoms with Crippen LogP contribution in [0.25, 0.3) is 11.1 Å². The first-order chi connectivity index (χ1) is 7.20. The van der Waals surface area contributed by atoms with Gasteiger partial charge in [-0.1, -0.05) is 0 Å². The topological polar surface area (TPSA) is 52.0 Å². The van der Waals surface area contributed by atoms with Crippen LogP contribution >= 0.6 is 0 Å². The van der Waals surface area contributed by atoms with Gasteiger partial charge in [0.05, 0.1) is 0 Å². The van der Waals surface area contributed by atoms with Gasteiger partial charge in [-0.2, -0.15) is 0 Å². The second-order valence-electron chi connectivity index (χ2n) is 3.17. The number of halogens is 2. The molecule has 1 heterocycles. The fourth-order valence-corrected chi connectivity index (χ4v) is 1.36. The highest BCUT2D eigenvalue weighted by Crippen LogP contribution is 2.23. The van der Waals surface area contributed by atoms with E-state index >= 15 is 0 Å². The first kappa shape index (κ1) is 10.0. The lowest BCUT2D eigenvalue weighted by molar-refractivity contribution is 0.151. The Morgan fingerprint density at radius 1 is 1.40 bits per heavy atom. The smallest absolute Gasteiger partial charge is 0.263 e. The van der Waals surface area contributed by atoms with Gasteiger partial charge < -0.3 is 10.2 Å². The molecule has 5 heteroatoms. The van der Waals surface area contributed by atoms with Gasteiger partial charge in [0.15, 0.2) is 11.5 Å². The van der Waals surface area contributed by atoms with E-state index in [-0.39, 0.29) is 5.56 Å². The maximum atomic E-state index is 12.4. The summed E-state index contributed by atoms with van der Waals surface area (Å²) in [5.41, 5.74) is 6.27. The Kier molecular flexibility index (Phi) is 2.64. The Labute approximate surface area is 84.9 Å². The van der Waals surface area contributed by atoms with E-state index in [9.17, 15) is 8.78 Å². The van der Waals surface area contributed by atoms with E-state index in [1.807, 2.05) is 0 Å². The zero-order chi connectivity index (χ0) is 10.8. The Bertz CT molecular complexity index is 467. The number of fused-ring (bicyclic) bond motifs is 1. The van der Waals surface area contributed by atoms with Crippen LogP contribution in [0, 0.1) is 0 Å². The second kappa shape index (κ2) is 3.94. The molecule has 0 aliphatic rings. The fraction of sp³-hybridized carbons (Fsp3) is 0.300. The minimum atomic E-state index is -2.48. The van der Waals surface area contributed by atoms with Crippen molar-refractivity contribution >= 4 is 11.1 Å². The van der Waals surface area contributed by atoms with Crippen LogP contribution in [0.3, 0.4) is 0 Å². The van der Waals surface area contributed by atoms with Crippen molar-refractivity contribution in [3.63, 3.8) is 0 Å². The number of hydrogen-bond donors (Lipinski definition) is 1. The fourth-order valence-electron chi connectivity index (χ4n) is 1.36. The molecule has 3 nitrogen and oxygen atoms in total. The minimum absolute atomic E-state index is 0.0462. The Hall–Kier alpha value is -1.49. The number of aromatic nitrogens is 1. The van der Waals surface area contributed by atoms with Crippen LogP contribution in [0.1, 0.15) is 17.9 Å². The average molecular weight is 212 g/mol. The molecule has 0 aliphatic carbocycles. The van der Waals surface area contributed by atoms with Crippen molar-refractivity contribution < 1.29 is 13.2 Å². The standard InChI is InChI=1S/C10H10F2N2O/c11-10(12)6-1-2-8-7(5-6)14-9(15-8)3-4-13/h1-2,5,10H,3-4,13H2. The SMILES string of the molecule is NCCc1nc2cc(C(F)F)ccc2o1. The zero-order valence-corrected chi connectivity index (χ0v) is 7.91. The van der Waals surface area contributed by atoms with Crippen LogP contribution in [0.5, 0.6) is 0 Å². The maximum Gasteiger partial charge on any atom is 0.263 e. The van der Waals surface area contributed by atoms with Crippen molar-refractivity contribution in [2.24, 2.45) is 5.73 Å². The number of hydrogen-bond acceptors (Lipinski definition) is 3. The zero-order valence-electron chi connectivity index (χ0n) is 7.91. The van der Waals surface area contributed by atoms with E-state index in [1.54, 1.807) is 0 Å². The predicted molar refractivity (Wildman–Crippen MR) is 51.7 cm³/mol. The Morgan fingerprint density at radius 3 is 2.87 bits per heavy atom. The van der Waals surface area contributed by atoms with Gasteiger partial charge in [-0.25, -0.2) is 13.8 Å². The molecule has 0 spiro atoms. The summed E-state index contributed by atoms with van der Waals surface area (Å²) in [4.78, 5) is 4.07. The molecule has 1 aromatic carbocycles. The van der Waals surface area contributed by atoms with Crippen molar-refractivity contribution in [2.75, 3.05) is 6.54 Å². The van der Waals surface area contributed by atoms with E-state index in [1.165, 1.54) is 18.2 Å². The van der Waals surface area contributed by atoms with Crippen LogP contribution in [0.4, 0.5) is 8.78 Å². The summed E-state index contributed by atoms with van der Waals surface area (Å²) in [7, 11) is 0. The van der Waals surface area contributed by atoms with Crippen LogP contribution in [0.15, 0.2) is 22.6 Å². The molecule has 0 unspecified atom stereocenters. The molecule has 0 saturated heterocycles. The van der Waals surface area contributed by atoms with Crippen molar-refractivity contribution in [1.82, 2.24) is 4.98 Å². The minimum Gasteiger partial charge on any atom is -0.441 e. The predicted octanol–water partition coefficient (Wildman–Crippen LogP) is 2.27. The van der Waals surface area contributed by atoms with E-state index in [2.05, 4.69) is 4.98 Å². The lowest BCUT2D eigenvalue weighted by atomic mass is 10.2. The molecular formula is C10H10F2N2O. The van der Waals surface area contributed by atoms with E-state index in [0.29, 0.717) is 30.0 Å². The monoisotopic (exact) mass is 212 g/mol. The second-order valence-corrected chi connectivity index (χ2v) is 3.17. The summed E-state index contributed by atoms with van der Waals surface area (Å²) in [6.07, 6.45) is -1.97. The molecular weight excluding hydrogens is 202 g/mol. The summed E-state index contributed by atoms with van der Waals surface area (Å²) in [5, 5.41) is 0. The Balaban J connectivity index is 2.43. The van der Waals surface area contributed by atoms with Gasteiger partial charge in [-0.05, 0) is 18.2 Å². The molecule has 0 aliphatic heterocycles. The number of nitrogens with zero attached hydrogens (tertiary/aromatic N) is 1. The van der Waals surface area contributed by atoms with Gasteiger partial charge in [-0.3, -0.25) is 0 Å². The third-order valence-electron chi connectivity index (χ3n) is 2.07. The van der Waals surface area contributed by atoms with Crippen LogP contribution in [-0.4, -0.2) is 11.5 Å². The first-order valence-corrected chi connectivity index (χ1v) is 4.58. The highest BCUT2D eigenvalue weighted by atomic mass is 19.3. The molecule has 0 amide bonds. The highest BCUT2D eigenvalue weighted by molar-refractivity contribution is 5.73. The lowest BCUT2D eigenvalue weighted by Gasteiger charge is -1.96. The van der Waals surface area contributed by atoms with Gasteiger partial charge >= 0.3 is 0 Å². The van der Waals surface area contributed by atoms with Crippen LogP contribution in [-0.2, 0) is 6.42 Å². The average Bonchev–Trinajstić information content (AvgIpc) is 2.59. The van der Waals surface area contributed by atoms with Crippen LogP contribution in [0.2, 0.25) is 0 Å². The molecule has 0 fully saturated rings. The third-order valence-corrected chi connectivity index (χ3v) is 2.07. The molecule has 0 bridgehead atoms. The van der Waals surface area contributed by atoms with Gasteiger partial charge in [0.2, 0.25) is 0 Å². The molecule has 1 aromatic heterocycles. The van der Waals surface area contributed by atoms with Gasteiger partial charge in [0, 0.05) is 18.5 Å². The number of oxazole rings is 1. The van der Waals surface area contributed by atoms with Gasteiger partial charge in [0.25, 0.3) is 6.43 Å². The first-order valence-electron chi connectivity index (χ1n) is 4.58. The van der Waals surface area contributed by atoms with Crippen molar-refractivity contribution in [1.29, 1.82) is 0 Å². The van der Waals surface area contributed by atoms with Crippen molar-refractivity contribution in [2.45, 2.75) is 12.8 Å². The van der Waals surface area contributed by atoms with E-state index in [4.69, 9.17) is 10.2 Å². The van der Waals surface area contributed by atoms with Crippen molar-refractivity contribution in [3.05, 3.63) is 29.7 Å². The lowest BCUT2D eigenvalue weighted by Crippen LogP contribution is -2.02.